The third kappa shape index (κ3) is 7.01. The van der Waals surface area contributed by atoms with E-state index in [0.29, 0.717) is 19.0 Å². The van der Waals surface area contributed by atoms with Crippen molar-refractivity contribution in [2.24, 2.45) is 5.41 Å². The van der Waals surface area contributed by atoms with Gasteiger partial charge in [0.2, 0.25) is 10.0 Å². The summed E-state index contributed by atoms with van der Waals surface area (Å²) in [5, 5.41) is 3.34. The summed E-state index contributed by atoms with van der Waals surface area (Å²) in [4.78, 5) is 0. The molecule has 1 atom stereocenters. The topological polar surface area (TPSA) is 58.2 Å². The second-order valence-corrected chi connectivity index (χ2v) is 8.05. The minimum absolute atomic E-state index is 0.0673. The van der Waals surface area contributed by atoms with Gasteiger partial charge >= 0.3 is 0 Å². The molecule has 1 heterocycles. The predicted molar refractivity (Wildman–Crippen MR) is 71.5 cm³/mol. The predicted octanol–water partition coefficient (Wildman–Crippen LogP) is 1.48. The first kappa shape index (κ1) is 14.9. The summed E-state index contributed by atoms with van der Waals surface area (Å²) in [5.74, 6) is 0.225. The first-order valence-electron chi connectivity index (χ1n) is 6.49. The zero-order valence-electron chi connectivity index (χ0n) is 11.3. The highest BCUT2D eigenvalue weighted by atomic mass is 32.2. The zero-order chi connectivity index (χ0) is 12.9. The molecular weight excluding hydrogens is 236 g/mol. The van der Waals surface area contributed by atoms with Crippen LogP contribution in [0.1, 0.15) is 46.5 Å². The van der Waals surface area contributed by atoms with Crippen LogP contribution in [0.5, 0.6) is 0 Å². The average Bonchev–Trinajstić information content (AvgIpc) is 2.25. The van der Waals surface area contributed by atoms with Crippen LogP contribution in [0, 0.1) is 5.41 Å². The van der Waals surface area contributed by atoms with Crippen LogP contribution in [0.25, 0.3) is 0 Å². The average molecular weight is 262 g/mol. The number of nitrogens with one attached hydrogen (secondary N) is 2. The van der Waals surface area contributed by atoms with Crippen molar-refractivity contribution in [3.8, 4) is 0 Å². The smallest absolute Gasteiger partial charge is 0.211 e. The Kier molecular flexibility index (Phi) is 5.41. The van der Waals surface area contributed by atoms with Crippen LogP contribution in [0.15, 0.2) is 0 Å². The molecule has 102 valence electrons. The van der Waals surface area contributed by atoms with Gasteiger partial charge in [-0.3, -0.25) is 0 Å². The lowest BCUT2D eigenvalue weighted by atomic mass is 9.94. The summed E-state index contributed by atoms with van der Waals surface area (Å²) in [6.45, 7) is 7.72. The highest BCUT2D eigenvalue weighted by Gasteiger charge is 2.19. The fourth-order valence-electron chi connectivity index (χ4n) is 1.84. The standard InChI is InChI=1S/C12H26N2O2S/c1-12(2,3)7-9-17(15,16)14-10-11-6-4-5-8-13-11/h11,13-14H,4-10H2,1-3H3. The fraction of sp³-hybridized carbons (Fsp3) is 1.00. The van der Waals surface area contributed by atoms with E-state index in [1.807, 2.05) is 0 Å². The van der Waals surface area contributed by atoms with Crippen molar-refractivity contribution in [3.05, 3.63) is 0 Å². The van der Waals surface area contributed by atoms with Crippen molar-refractivity contribution < 1.29 is 8.42 Å². The largest absolute Gasteiger partial charge is 0.313 e. The van der Waals surface area contributed by atoms with Gasteiger partial charge in [-0.15, -0.1) is 0 Å². The molecule has 1 aliphatic rings. The van der Waals surface area contributed by atoms with E-state index in [1.165, 1.54) is 12.8 Å². The number of rotatable bonds is 5. The summed E-state index contributed by atoms with van der Waals surface area (Å²) in [6.07, 6.45) is 4.16. The molecule has 1 aliphatic heterocycles. The van der Waals surface area contributed by atoms with Crippen molar-refractivity contribution in [2.45, 2.75) is 52.5 Å². The van der Waals surface area contributed by atoms with Crippen LogP contribution < -0.4 is 10.0 Å². The van der Waals surface area contributed by atoms with Gasteiger partial charge in [0, 0.05) is 12.6 Å². The molecule has 1 rings (SSSR count). The third-order valence-electron chi connectivity index (χ3n) is 3.08. The molecule has 0 amide bonds. The van der Waals surface area contributed by atoms with Crippen LogP contribution in [0.4, 0.5) is 0 Å². The van der Waals surface area contributed by atoms with Crippen LogP contribution in [0.2, 0.25) is 0 Å². The maximum absolute atomic E-state index is 11.8. The van der Waals surface area contributed by atoms with Gasteiger partial charge in [0.25, 0.3) is 0 Å². The number of hydrogen-bond acceptors (Lipinski definition) is 3. The molecule has 0 spiro atoms. The molecule has 0 saturated carbocycles. The van der Waals surface area contributed by atoms with Crippen LogP contribution in [0.3, 0.4) is 0 Å². The molecular formula is C12H26N2O2S. The fourth-order valence-corrected chi connectivity index (χ4v) is 3.32. The summed E-state index contributed by atoms with van der Waals surface area (Å²) < 4.78 is 26.3. The normalized spacial score (nSPS) is 22.6. The highest BCUT2D eigenvalue weighted by molar-refractivity contribution is 7.89. The molecule has 17 heavy (non-hydrogen) atoms. The van der Waals surface area contributed by atoms with Crippen molar-refractivity contribution in [1.29, 1.82) is 0 Å². The SMILES string of the molecule is CC(C)(C)CCS(=O)(=O)NCC1CCCCN1. The third-order valence-corrected chi connectivity index (χ3v) is 4.43. The van der Waals surface area contributed by atoms with Crippen molar-refractivity contribution >= 4 is 10.0 Å². The number of piperidine rings is 1. The molecule has 5 heteroatoms. The maximum atomic E-state index is 11.8. The lowest BCUT2D eigenvalue weighted by molar-refractivity contribution is 0.389. The van der Waals surface area contributed by atoms with Gasteiger partial charge in [-0.25, -0.2) is 13.1 Å². The minimum atomic E-state index is -3.10. The van der Waals surface area contributed by atoms with E-state index in [9.17, 15) is 8.42 Å². The molecule has 0 aromatic heterocycles. The second kappa shape index (κ2) is 6.16. The first-order chi connectivity index (χ1) is 7.79. The number of hydrogen-bond donors (Lipinski definition) is 2. The molecule has 1 saturated heterocycles. The van der Waals surface area contributed by atoms with Gasteiger partial charge in [-0.1, -0.05) is 27.2 Å². The molecule has 2 N–H and O–H groups in total. The van der Waals surface area contributed by atoms with Gasteiger partial charge in [0.05, 0.1) is 5.75 Å². The van der Waals surface area contributed by atoms with Gasteiger partial charge in [0.15, 0.2) is 0 Å². The van der Waals surface area contributed by atoms with E-state index in [0.717, 1.165) is 13.0 Å². The summed E-state index contributed by atoms with van der Waals surface area (Å²) in [6, 6.07) is 0.313. The van der Waals surface area contributed by atoms with Crippen LogP contribution in [-0.4, -0.2) is 33.3 Å². The molecule has 0 radical (unpaired) electrons. The van der Waals surface area contributed by atoms with Crippen molar-refractivity contribution in [1.82, 2.24) is 10.0 Å². The van der Waals surface area contributed by atoms with Gasteiger partial charge < -0.3 is 5.32 Å². The Bertz CT molecular complexity index is 314. The Morgan fingerprint density at radius 1 is 1.29 bits per heavy atom. The number of sulfonamides is 1. The Balaban J connectivity index is 2.28. The lowest BCUT2D eigenvalue weighted by Crippen LogP contribution is -2.44. The summed E-state index contributed by atoms with van der Waals surface area (Å²) in [7, 11) is -3.10. The van der Waals surface area contributed by atoms with E-state index in [4.69, 9.17) is 0 Å². The summed E-state index contributed by atoms with van der Waals surface area (Å²) in [5.41, 5.74) is 0.0673. The van der Waals surface area contributed by atoms with Gasteiger partial charge in [0.1, 0.15) is 0 Å². The molecule has 0 aliphatic carbocycles. The lowest BCUT2D eigenvalue weighted by Gasteiger charge is -2.24. The monoisotopic (exact) mass is 262 g/mol. The highest BCUT2D eigenvalue weighted by Crippen LogP contribution is 2.18. The van der Waals surface area contributed by atoms with Crippen LogP contribution >= 0.6 is 0 Å². The quantitative estimate of drug-likeness (QED) is 0.789. The zero-order valence-corrected chi connectivity index (χ0v) is 12.1. The maximum Gasteiger partial charge on any atom is 0.211 e. The molecule has 4 nitrogen and oxygen atoms in total. The van der Waals surface area contributed by atoms with E-state index >= 15 is 0 Å². The van der Waals surface area contributed by atoms with Crippen molar-refractivity contribution in [3.63, 3.8) is 0 Å². The molecule has 0 aromatic carbocycles. The van der Waals surface area contributed by atoms with E-state index in [-0.39, 0.29) is 11.2 Å². The van der Waals surface area contributed by atoms with Gasteiger partial charge in [-0.2, -0.15) is 0 Å². The van der Waals surface area contributed by atoms with E-state index in [2.05, 4.69) is 30.8 Å². The second-order valence-electron chi connectivity index (χ2n) is 6.12. The first-order valence-corrected chi connectivity index (χ1v) is 8.14. The molecule has 1 unspecified atom stereocenters. The Morgan fingerprint density at radius 3 is 2.53 bits per heavy atom. The molecule has 0 aromatic rings. The summed E-state index contributed by atoms with van der Waals surface area (Å²) >= 11 is 0. The van der Waals surface area contributed by atoms with Crippen LogP contribution in [-0.2, 0) is 10.0 Å². The Morgan fingerprint density at radius 2 is 2.00 bits per heavy atom. The minimum Gasteiger partial charge on any atom is -0.313 e. The van der Waals surface area contributed by atoms with Crippen molar-refractivity contribution in [2.75, 3.05) is 18.8 Å². The Labute approximate surface area is 106 Å². The van der Waals surface area contributed by atoms with E-state index in [1.54, 1.807) is 0 Å². The molecule has 1 fully saturated rings. The molecule has 0 bridgehead atoms. The Hall–Kier alpha value is -0.130. The van der Waals surface area contributed by atoms with E-state index < -0.39 is 10.0 Å². The van der Waals surface area contributed by atoms with Gasteiger partial charge in [-0.05, 0) is 31.2 Å².